The van der Waals surface area contributed by atoms with Crippen LogP contribution in [-0.4, -0.2) is 35.9 Å². The van der Waals surface area contributed by atoms with Gasteiger partial charge < -0.3 is 24.5 Å². The van der Waals surface area contributed by atoms with Gasteiger partial charge in [-0.05, 0) is 42.3 Å². The SMILES string of the molecule is CCOC(=O)Oc1cc2cccc(OCCNCc3cncc(-c4cccc(C#N)c4)c3)c2[nH]1.Cl.Cl. The van der Waals surface area contributed by atoms with E-state index in [-0.39, 0.29) is 31.4 Å². The number of aromatic nitrogens is 2. The lowest BCUT2D eigenvalue weighted by Gasteiger charge is -2.09. The molecule has 0 atom stereocenters. The second-order valence-electron chi connectivity index (χ2n) is 7.44. The van der Waals surface area contributed by atoms with Crippen LogP contribution in [0.4, 0.5) is 4.79 Å². The van der Waals surface area contributed by atoms with E-state index in [2.05, 4.69) is 27.4 Å². The summed E-state index contributed by atoms with van der Waals surface area (Å²) >= 11 is 0. The minimum Gasteiger partial charge on any atom is -0.490 e. The molecule has 0 bridgehead atoms. The summed E-state index contributed by atoms with van der Waals surface area (Å²) in [5.41, 5.74) is 4.33. The van der Waals surface area contributed by atoms with Gasteiger partial charge in [0.15, 0.2) is 0 Å². The number of carbonyl (C=O) groups excluding carboxylic acids is 1. The maximum Gasteiger partial charge on any atom is 0.515 e. The molecule has 2 aromatic carbocycles. The summed E-state index contributed by atoms with van der Waals surface area (Å²) in [5, 5.41) is 13.3. The van der Waals surface area contributed by atoms with Gasteiger partial charge in [-0.1, -0.05) is 24.3 Å². The summed E-state index contributed by atoms with van der Waals surface area (Å²) in [6.07, 6.45) is 2.85. The Morgan fingerprint density at radius 1 is 1.08 bits per heavy atom. The van der Waals surface area contributed by atoms with E-state index in [1.165, 1.54) is 0 Å². The largest absolute Gasteiger partial charge is 0.515 e. The molecule has 0 fully saturated rings. The highest BCUT2D eigenvalue weighted by Gasteiger charge is 2.11. The zero-order valence-electron chi connectivity index (χ0n) is 19.5. The third-order valence-electron chi connectivity index (χ3n) is 5.03. The van der Waals surface area contributed by atoms with E-state index < -0.39 is 6.16 Å². The fourth-order valence-corrected chi connectivity index (χ4v) is 3.49. The second kappa shape index (κ2) is 14.0. The van der Waals surface area contributed by atoms with Crippen molar-refractivity contribution in [1.82, 2.24) is 15.3 Å². The summed E-state index contributed by atoms with van der Waals surface area (Å²) in [5.74, 6) is 0.967. The number of nitrogens with one attached hydrogen (secondary N) is 2. The highest BCUT2D eigenvalue weighted by atomic mass is 35.5. The molecule has 0 unspecified atom stereocenters. The van der Waals surface area contributed by atoms with Gasteiger partial charge in [-0.3, -0.25) is 4.98 Å². The van der Waals surface area contributed by atoms with Crippen molar-refractivity contribution in [3.05, 3.63) is 78.1 Å². The fraction of sp³-hybridized carbons (Fsp3) is 0.192. The number of carbonyl (C=O) groups is 1. The quantitative estimate of drug-likeness (QED) is 0.213. The van der Waals surface area contributed by atoms with Gasteiger partial charge in [-0.25, -0.2) is 4.79 Å². The molecule has 8 nitrogen and oxygen atoms in total. The van der Waals surface area contributed by atoms with E-state index >= 15 is 0 Å². The topological polar surface area (TPSA) is 109 Å². The Kier molecular flexibility index (Phi) is 11.0. The molecule has 0 saturated carbocycles. The van der Waals surface area contributed by atoms with Gasteiger partial charge in [0.05, 0.1) is 23.8 Å². The van der Waals surface area contributed by atoms with Crippen LogP contribution in [-0.2, 0) is 11.3 Å². The highest BCUT2D eigenvalue weighted by molar-refractivity contribution is 5.87. The summed E-state index contributed by atoms with van der Waals surface area (Å²) in [6.45, 7) is 3.66. The number of rotatable bonds is 9. The number of nitrogens with zero attached hydrogens (tertiary/aromatic N) is 2. The van der Waals surface area contributed by atoms with Crippen LogP contribution in [0.3, 0.4) is 0 Å². The number of hydrogen-bond acceptors (Lipinski definition) is 7. The predicted octanol–water partition coefficient (Wildman–Crippen LogP) is 5.65. The predicted molar refractivity (Wildman–Crippen MR) is 142 cm³/mol. The van der Waals surface area contributed by atoms with Crippen LogP contribution in [0.15, 0.2) is 67.0 Å². The Bertz CT molecular complexity index is 1340. The number of pyridine rings is 1. The lowest BCUT2D eigenvalue weighted by atomic mass is 10.0. The molecule has 0 aliphatic rings. The van der Waals surface area contributed by atoms with E-state index in [1.807, 2.05) is 42.6 Å². The van der Waals surface area contributed by atoms with Crippen LogP contribution in [0, 0.1) is 11.3 Å². The van der Waals surface area contributed by atoms with Gasteiger partial charge in [0.25, 0.3) is 0 Å². The van der Waals surface area contributed by atoms with Crippen molar-refractivity contribution in [2.75, 3.05) is 19.8 Å². The molecule has 0 aliphatic carbocycles. The first-order valence-electron chi connectivity index (χ1n) is 10.9. The van der Waals surface area contributed by atoms with Crippen LogP contribution in [0.5, 0.6) is 11.6 Å². The first-order valence-corrected chi connectivity index (χ1v) is 10.9. The normalized spacial score (nSPS) is 10.0. The molecule has 0 saturated heterocycles. The summed E-state index contributed by atoms with van der Waals surface area (Å²) in [4.78, 5) is 18.9. The molecule has 4 aromatic rings. The van der Waals surface area contributed by atoms with Gasteiger partial charge in [0, 0.05) is 42.5 Å². The second-order valence-corrected chi connectivity index (χ2v) is 7.44. The number of para-hydroxylation sites is 1. The van der Waals surface area contributed by atoms with Crippen LogP contribution in [0.1, 0.15) is 18.1 Å². The average Bonchev–Trinajstić information content (AvgIpc) is 3.27. The number of benzene rings is 2. The summed E-state index contributed by atoms with van der Waals surface area (Å²) in [6, 6.07) is 19.1. The Balaban J connectivity index is 0.00000228. The number of fused-ring (bicyclic) bond motifs is 1. The van der Waals surface area contributed by atoms with E-state index in [0.717, 1.165) is 27.6 Å². The Labute approximate surface area is 221 Å². The zero-order valence-corrected chi connectivity index (χ0v) is 21.2. The van der Waals surface area contributed by atoms with Gasteiger partial charge in [-0.2, -0.15) is 5.26 Å². The Morgan fingerprint density at radius 2 is 1.92 bits per heavy atom. The van der Waals surface area contributed by atoms with Crippen LogP contribution in [0.25, 0.3) is 22.0 Å². The summed E-state index contributed by atoms with van der Waals surface area (Å²) in [7, 11) is 0. The van der Waals surface area contributed by atoms with E-state index in [1.54, 1.807) is 25.3 Å². The molecule has 2 heterocycles. The number of hydrogen-bond donors (Lipinski definition) is 2. The molecule has 36 heavy (non-hydrogen) atoms. The lowest BCUT2D eigenvalue weighted by Crippen LogP contribution is -2.20. The number of nitriles is 1. The maximum atomic E-state index is 11.5. The third kappa shape index (κ3) is 7.36. The van der Waals surface area contributed by atoms with Gasteiger partial charge >= 0.3 is 6.16 Å². The van der Waals surface area contributed by atoms with E-state index in [9.17, 15) is 4.79 Å². The minimum absolute atomic E-state index is 0. The minimum atomic E-state index is -0.753. The molecule has 0 amide bonds. The molecule has 0 aliphatic heterocycles. The lowest BCUT2D eigenvalue weighted by molar-refractivity contribution is 0.103. The standard InChI is InChI=1S/C26H24N4O4.2ClH/c1-2-32-26(31)34-24-13-21-7-4-8-23(25(21)30-24)33-10-9-28-15-19-12-22(17-29-16-19)20-6-3-5-18(11-20)14-27;;/h3-8,11-13,16-17,28,30H,2,9-10,15H2,1H3;2*1H. The molecular weight excluding hydrogens is 503 g/mol. The smallest absolute Gasteiger partial charge is 0.490 e. The molecule has 0 radical (unpaired) electrons. The molecule has 0 spiro atoms. The van der Waals surface area contributed by atoms with Crippen LogP contribution < -0.4 is 14.8 Å². The first kappa shape index (κ1) is 28.5. The highest BCUT2D eigenvalue weighted by Crippen LogP contribution is 2.28. The number of halogens is 2. The van der Waals surface area contributed by atoms with Crippen molar-refractivity contribution in [3.8, 4) is 28.8 Å². The van der Waals surface area contributed by atoms with E-state index in [4.69, 9.17) is 19.5 Å². The summed E-state index contributed by atoms with van der Waals surface area (Å²) < 4.78 is 15.9. The van der Waals surface area contributed by atoms with Gasteiger partial charge in [0.2, 0.25) is 5.88 Å². The third-order valence-corrected chi connectivity index (χ3v) is 5.03. The number of aromatic amines is 1. The molecule has 2 aromatic heterocycles. The monoisotopic (exact) mass is 528 g/mol. The molecule has 2 N–H and O–H groups in total. The van der Waals surface area contributed by atoms with Crippen molar-refractivity contribution in [2.24, 2.45) is 0 Å². The maximum absolute atomic E-state index is 11.5. The Hall–Kier alpha value is -3.77. The van der Waals surface area contributed by atoms with Gasteiger partial charge in [0.1, 0.15) is 12.4 Å². The van der Waals surface area contributed by atoms with E-state index in [0.29, 0.717) is 36.9 Å². The Morgan fingerprint density at radius 3 is 2.72 bits per heavy atom. The zero-order chi connectivity index (χ0) is 23.8. The van der Waals surface area contributed by atoms with Gasteiger partial charge in [-0.15, -0.1) is 24.8 Å². The number of H-pyrrole nitrogens is 1. The average molecular weight is 529 g/mol. The van der Waals surface area contributed by atoms with Crippen molar-refractivity contribution in [1.29, 1.82) is 5.26 Å². The number of ether oxygens (including phenoxy) is 3. The van der Waals surface area contributed by atoms with Crippen molar-refractivity contribution in [2.45, 2.75) is 13.5 Å². The van der Waals surface area contributed by atoms with Crippen LogP contribution >= 0.6 is 24.8 Å². The molecular formula is C26H26Cl2N4O4. The van der Waals surface area contributed by atoms with Crippen molar-refractivity contribution in [3.63, 3.8) is 0 Å². The first-order chi connectivity index (χ1) is 16.7. The molecule has 4 rings (SSSR count). The van der Waals surface area contributed by atoms with Crippen LogP contribution in [0.2, 0.25) is 0 Å². The fourth-order valence-electron chi connectivity index (χ4n) is 3.49. The molecule has 10 heteroatoms. The molecule has 188 valence electrons. The van der Waals surface area contributed by atoms with Crippen molar-refractivity contribution < 1.29 is 19.0 Å². The van der Waals surface area contributed by atoms with Crippen molar-refractivity contribution >= 4 is 41.9 Å².